The molecule has 2 rings (SSSR count). The van der Waals surface area contributed by atoms with Gasteiger partial charge in [0.15, 0.2) is 0 Å². The van der Waals surface area contributed by atoms with E-state index in [9.17, 15) is 14.7 Å². The number of nitrogens with one attached hydrogen (secondary N) is 1. The summed E-state index contributed by atoms with van der Waals surface area (Å²) in [4.78, 5) is 23.1. The third kappa shape index (κ3) is 3.73. The molecule has 22 heavy (non-hydrogen) atoms. The minimum absolute atomic E-state index is 0.132. The molecule has 112 valence electrons. The Hall–Kier alpha value is -3.08. The van der Waals surface area contributed by atoms with Gasteiger partial charge in [-0.3, -0.25) is 4.79 Å². The lowest BCUT2D eigenvalue weighted by molar-refractivity contribution is -0.111. The van der Waals surface area contributed by atoms with Gasteiger partial charge in [-0.05, 0) is 36.3 Å². The highest BCUT2D eigenvalue weighted by molar-refractivity contribution is 6.07. The van der Waals surface area contributed by atoms with Crippen LogP contribution >= 0.6 is 0 Å². The van der Waals surface area contributed by atoms with Gasteiger partial charge in [0.1, 0.15) is 5.75 Å². The van der Waals surface area contributed by atoms with Gasteiger partial charge in [0.2, 0.25) is 5.91 Å². The third-order valence-corrected chi connectivity index (χ3v) is 3.07. The van der Waals surface area contributed by atoms with E-state index in [4.69, 9.17) is 5.11 Å². The number of rotatable bonds is 4. The number of carbonyl (C=O) groups is 2. The summed E-state index contributed by atoms with van der Waals surface area (Å²) in [7, 11) is 0. The molecule has 0 aliphatic carbocycles. The van der Waals surface area contributed by atoms with Crippen LogP contribution in [0.25, 0.3) is 5.57 Å². The maximum atomic E-state index is 12.0. The molecule has 0 radical (unpaired) electrons. The third-order valence-electron chi connectivity index (χ3n) is 3.07. The number of aromatic carboxylic acids is 1. The van der Waals surface area contributed by atoms with Gasteiger partial charge in [-0.25, -0.2) is 4.79 Å². The molecule has 0 spiro atoms. The highest BCUT2D eigenvalue weighted by Gasteiger charge is 2.12. The zero-order valence-electron chi connectivity index (χ0n) is 11.9. The number of anilines is 1. The summed E-state index contributed by atoms with van der Waals surface area (Å²) in [6.45, 7) is 1.80. The second-order valence-corrected chi connectivity index (χ2v) is 4.72. The Bertz CT molecular complexity index is 736. The lowest BCUT2D eigenvalue weighted by atomic mass is 10.1. The number of benzene rings is 2. The van der Waals surface area contributed by atoms with Crippen LogP contribution in [0.4, 0.5) is 5.69 Å². The summed E-state index contributed by atoms with van der Waals surface area (Å²) in [5.74, 6) is -1.84. The normalized spacial score (nSPS) is 11.0. The van der Waals surface area contributed by atoms with Crippen molar-refractivity contribution in [3.05, 3.63) is 65.7 Å². The molecule has 5 heteroatoms. The standard InChI is InChI=1S/C17H15NO4/c1-11(12-5-3-2-4-6-12)9-16(20)18-15-8-7-13(19)10-14(15)17(21)22/h2-10,19H,1H3,(H,18,20)(H,21,22)/b11-9+. The summed E-state index contributed by atoms with van der Waals surface area (Å²) >= 11 is 0. The minimum atomic E-state index is -1.23. The van der Waals surface area contributed by atoms with Gasteiger partial charge < -0.3 is 15.5 Å². The van der Waals surface area contributed by atoms with E-state index in [0.717, 1.165) is 17.2 Å². The van der Waals surface area contributed by atoms with Crippen molar-refractivity contribution in [2.45, 2.75) is 6.92 Å². The van der Waals surface area contributed by atoms with Crippen molar-refractivity contribution < 1.29 is 19.8 Å². The van der Waals surface area contributed by atoms with E-state index < -0.39 is 11.9 Å². The molecule has 2 aromatic carbocycles. The Morgan fingerprint density at radius 1 is 1.09 bits per heavy atom. The molecule has 0 fully saturated rings. The van der Waals surface area contributed by atoms with Crippen LogP contribution in [0.2, 0.25) is 0 Å². The van der Waals surface area contributed by atoms with Crippen LogP contribution in [0.1, 0.15) is 22.8 Å². The average molecular weight is 297 g/mol. The van der Waals surface area contributed by atoms with E-state index >= 15 is 0 Å². The monoisotopic (exact) mass is 297 g/mol. The number of phenols is 1. The SMILES string of the molecule is C/C(=C\C(=O)Nc1ccc(O)cc1C(=O)O)c1ccccc1. The fourth-order valence-corrected chi connectivity index (χ4v) is 1.97. The maximum Gasteiger partial charge on any atom is 0.337 e. The fraction of sp³-hybridized carbons (Fsp3) is 0.0588. The van der Waals surface area contributed by atoms with E-state index in [-0.39, 0.29) is 17.0 Å². The number of hydrogen-bond acceptors (Lipinski definition) is 3. The van der Waals surface area contributed by atoms with Crippen molar-refractivity contribution in [1.82, 2.24) is 0 Å². The van der Waals surface area contributed by atoms with Crippen LogP contribution in [0.15, 0.2) is 54.6 Å². The Balaban J connectivity index is 2.21. The first-order chi connectivity index (χ1) is 10.5. The average Bonchev–Trinajstić information content (AvgIpc) is 2.49. The maximum absolute atomic E-state index is 12.0. The molecule has 0 saturated heterocycles. The Morgan fingerprint density at radius 2 is 1.77 bits per heavy atom. The number of aromatic hydroxyl groups is 1. The Morgan fingerprint density at radius 3 is 2.41 bits per heavy atom. The van der Waals surface area contributed by atoms with Gasteiger partial charge in [0.25, 0.3) is 0 Å². The number of phenolic OH excluding ortho intramolecular Hbond substituents is 1. The van der Waals surface area contributed by atoms with Gasteiger partial charge in [-0.2, -0.15) is 0 Å². The van der Waals surface area contributed by atoms with Gasteiger partial charge >= 0.3 is 5.97 Å². The van der Waals surface area contributed by atoms with Crippen LogP contribution in [-0.4, -0.2) is 22.1 Å². The number of hydrogen-bond donors (Lipinski definition) is 3. The van der Waals surface area contributed by atoms with Crippen molar-refractivity contribution in [2.75, 3.05) is 5.32 Å². The molecule has 0 aromatic heterocycles. The molecule has 0 aliphatic heterocycles. The Labute approximate surface area is 127 Å². The molecule has 0 bridgehead atoms. The topological polar surface area (TPSA) is 86.6 Å². The predicted molar refractivity (Wildman–Crippen MR) is 83.8 cm³/mol. The molecule has 0 unspecified atom stereocenters. The molecule has 3 N–H and O–H groups in total. The van der Waals surface area contributed by atoms with Gasteiger partial charge in [0, 0.05) is 6.08 Å². The van der Waals surface area contributed by atoms with Crippen LogP contribution < -0.4 is 5.32 Å². The fourth-order valence-electron chi connectivity index (χ4n) is 1.97. The summed E-state index contributed by atoms with van der Waals surface area (Å²) < 4.78 is 0. The zero-order valence-corrected chi connectivity index (χ0v) is 11.9. The zero-order chi connectivity index (χ0) is 16.1. The molecule has 0 atom stereocenters. The number of carboxylic acids is 1. The van der Waals surface area contributed by atoms with E-state index in [1.807, 2.05) is 30.3 Å². The quantitative estimate of drug-likeness (QED) is 0.597. The van der Waals surface area contributed by atoms with Crippen LogP contribution in [0, 0.1) is 0 Å². The number of carbonyl (C=O) groups excluding carboxylic acids is 1. The summed E-state index contributed by atoms with van der Waals surface area (Å²) in [6.07, 6.45) is 1.40. The van der Waals surface area contributed by atoms with Crippen LogP contribution in [0.3, 0.4) is 0 Å². The molecule has 0 saturated carbocycles. The Kier molecular flexibility index (Phi) is 4.58. The van der Waals surface area contributed by atoms with E-state index in [0.29, 0.717) is 0 Å². The highest BCUT2D eigenvalue weighted by atomic mass is 16.4. The molecular weight excluding hydrogens is 282 g/mol. The smallest absolute Gasteiger partial charge is 0.337 e. The first-order valence-electron chi connectivity index (χ1n) is 6.58. The van der Waals surface area contributed by atoms with Crippen molar-refractivity contribution in [2.24, 2.45) is 0 Å². The van der Waals surface area contributed by atoms with E-state index in [1.54, 1.807) is 6.92 Å². The number of allylic oxidation sites excluding steroid dienone is 1. The first kappa shape index (κ1) is 15.3. The van der Waals surface area contributed by atoms with Crippen LogP contribution in [0.5, 0.6) is 5.75 Å². The largest absolute Gasteiger partial charge is 0.508 e. The van der Waals surface area contributed by atoms with Crippen molar-refractivity contribution >= 4 is 23.1 Å². The number of carboxylic acid groups (broad SMARTS) is 1. The first-order valence-corrected chi connectivity index (χ1v) is 6.58. The second-order valence-electron chi connectivity index (χ2n) is 4.72. The second kappa shape index (κ2) is 6.58. The van der Waals surface area contributed by atoms with E-state index in [1.165, 1.54) is 18.2 Å². The van der Waals surface area contributed by atoms with Gasteiger partial charge in [0.05, 0.1) is 11.3 Å². The summed E-state index contributed by atoms with van der Waals surface area (Å²) in [5.41, 5.74) is 1.63. The molecular formula is C17H15NO4. The van der Waals surface area contributed by atoms with Crippen LogP contribution in [-0.2, 0) is 4.79 Å². The molecule has 2 aromatic rings. The van der Waals surface area contributed by atoms with Crippen molar-refractivity contribution in [3.8, 4) is 5.75 Å². The molecule has 1 amide bonds. The number of amides is 1. The minimum Gasteiger partial charge on any atom is -0.508 e. The summed E-state index contributed by atoms with van der Waals surface area (Å²) in [5, 5.41) is 20.9. The molecule has 0 heterocycles. The van der Waals surface area contributed by atoms with E-state index in [2.05, 4.69) is 5.32 Å². The summed E-state index contributed by atoms with van der Waals surface area (Å²) in [6, 6.07) is 13.1. The van der Waals surface area contributed by atoms with Crippen molar-refractivity contribution in [3.63, 3.8) is 0 Å². The predicted octanol–water partition coefficient (Wildman–Crippen LogP) is 3.13. The molecule has 5 nitrogen and oxygen atoms in total. The van der Waals surface area contributed by atoms with Crippen molar-refractivity contribution in [1.29, 1.82) is 0 Å². The lowest BCUT2D eigenvalue weighted by Gasteiger charge is -2.08. The van der Waals surface area contributed by atoms with Gasteiger partial charge in [-0.1, -0.05) is 30.3 Å². The lowest BCUT2D eigenvalue weighted by Crippen LogP contribution is -2.12. The van der Waals surface area contributed by atoms with Gasteiger partial charge in [-0.15, -0.1) is 0 Å². The molecule has 0 aliphatic rings. The highest BCUT2D eigenvalue weighted by Crippen LogP contribution is 2.22.